The molecule has 0 saturated heterocycles. The molecule has 134 valence electrons. The number of carbonyl (C=O) groups excluding carboxylic acids is 1. The summed E-state index contributed by atoms with van der Waals surface area (Å²) in [6, 6.07) is 28.6. The molecule has 4 heteroatoms. The van der Waals surface area contributed by atoms with Crippen LogP contribution >= 0.6 is 24.9 Å². The predicted molar refractivity (Wildman–Crippen MR) is 116 cm³/mol. The van der Waals surface area contributed by atoms with Gasteiger partial charge in [0.15, 0.2) is 0 Å². The number of halogens is 1. The summed E-state index contributed by atoms with van der Waals surface area (Å²) in [7, 11) is -0.815. The average Bonchev–Trinajstić information content (AvgIpc) is 2.68. The average molecular weight is 429 g/mol. The van der Waals surface area contributed by atoms with Crippen molar-refractivity contribution in [1.29, 1.82) is 0 Å². The van der Waals surface area contributed by atoms with Crippen LogP contribution in [0.4, 0.5) is 0 Å². The van der Waals surface area contributed by atoms with E-state index in [0.29, 0.717) is 12.2 Å². The summed E-state index contributed by atoms with van der Waals surface area (Å²) >= 11 is 0. The minimum atomic E-state index is -0.815. The van der Waals surface area contributed by atoms with Gasteiger partial charge in [0.2, 0.25) is 0 Å². The molecular weight excluding hydrogens is 407 g/mol. The molecule has 0 saturated carbocycles. The Labute approximate surface area is 166 Å². The van der Waals surface area contributed by atoms with Gasteiger partial charge in [-0.3, -0.25) is 0 Å². The van der Waals surface area contributed by atoms with Crippen molar-refractivity contribution in [3.05, 3.63) is 90.5 Å². The van der Waals surface area contributed by atoms with Crippen molar-refractivity contribution in [1.82, 2.24) is 0 Å². The predicted octanol–water partition coefficient (Wildman–Crippen LogP) is 4.59. The monoisotopic (exact) mass is 428 g/mol. The quantitative estimate of drug-likeness (QED) is 0.423. The number of rotatable bonds is 6. The van der Waals surface area contributed by atoms with Gasteiger partial charge in [-0.15, -0.1) is 17.0 Å². The second kappa shape index (κ2) is 10.3. The van der Waals surface area contributed by atoms with Crippen LogP contribution in [-0.2, 0) is 4.74 Å². The molecule has 0 aliphatic rings. The normalized spacial score (nSPS) is 10.2. The van der Waals surface area contributed by atoms with Crippen molar-refractivity contribution in [2.45, 2.75) is 13.3 Å². The zero-order valence-electron chi connectivity index (χ0n) is 14.7. The van der Waals surface area contributed by atoms with E-state index in [1.54, 1.807) is 0 Å². The number of hydrogen-bond donors (Lipinski definition) is 0. The molecule has 2 nitrogen and oxygen atoms in total. The zero-order chi connectivity index (χ0) is 17.5. The smallest absolute Gasteiger partial charge is 0.338 e. The second-order valence-corrected chi connectivity index (χ2v) is 7.84. The van der Waals surface area contributed by atoms with E-state index < -0.39 is 7.92 Å². The molecule has 0 aliphatic heterocycles. The van der Waals surface area contributed by atoms with E-state index in [-0.39, 0.29) is 23.0 Å². The molecule has 0 aliphatic carbocycles. The lowest BCUT2D eigenvalue weighted by Gasteiger charge is -2.21. The van der Waals surface area contributed by atoms with Crippen molar-refractivity contribution in [3.8, 4) is 0 Å². The van der Waals surface area contributed by atoms with Gasteiger partial charge < -0.3 is 4.74 Å². The molecule has 0 unspecified atom stereocenters. The van der Waals surface area contributed by atoms with Gasteiger partial charge in [-0.2, -0.15) is 0 Å². The maximum absolute atomic E-state index is 12.6. The first-order valence-electron chi connectivity index (χ1n) is 8.47. The summed E-state index contributed by atoms with van der Waals surface area (Å²) < 4.78 is 5.41. The van der Waals surface area contributed by atoms with E-state index in [4.69, 9.17) is 4.74 Å². The van der Waals surface area contributed by atoms with E-state index in [0.717, 1.165) is 11.7 Å². The van der Waals surface area contributed by atoms with Gasteiger partial charge in [-0.1, -0.05) is 85.8 Å². The lowest BCUT2D eigenvalue weighted by molar-refractivity contribution is 0.0507. The Kier molecular flexibility index (Phi) is 8.03. The number of esters is 1. The summed E-state index contributed by atoms with van der Waals surface area (Å²) in [4.78, 5) is 12.6. The maximum atomic E-state index is 12.6. The van der Waals surface area contributed by atoms with Gasteiger partial charge in [0.05, 0.1) is 12.2 Å². The maximum Gasteiger partial charge on any atom is 0.338 e. The van der Waals surface area contributed by atoms with Crippen LogP contribution in [0.2, 0.25) is 0 Å². The van der Waals surface area contributed by atoms with Crippen LogP contribution in [0.1, 0.15) is 23.7 Å². The van der Waals surface area contributed by atoms with Gasteiger partial charge in [0, 0.05) is 0 Å². The molecule has 0 radical (unpaired) electrons. The molecule has 0 N–H and O–H groups in total. The van der Waals surface area contributed by atoms with Crippen molar-refractivity contribution in [2.24, 2.45) is 0 Å². The van der Waals surface area contributed by atoms with Crippen molar-refractivity contribution in [2.75, 3.05) is 6.61 Å². The third-order valence-corrected chi connectivity index (χ3v) is 6.33. The minimum absolute atomic E-state index is 0. The first kappa shape index (κ1) is 20.4. The highest BCUT2D eigenvalue weighted by molar-refractivity contribution is 8.93. The highest BCUT2D eigenvalue weighted by atomic mass is 79.9. The first-order chi connectivity index (χ1) is 12.3. The van der Waals surface area contributed by atoms with E-state index in [2.05, 4.69) is 24.3 Å². The van der Waals surface area contributed by atoms with Gasteiger partial charge >= 0.3 is 5.97 Å². The third-order valence-electron chi connectivity index (χ3n) is 3.83. The number of hydrogen-bond acceptors (Lipinski definition) is 2. The second-order valence-electron chi connectivity index (χ2n) is 5.66. The van der Waals surface area contributed by atoms with E-state index in [9.17, 15) is 4.79 Å². The van der Waals surface area contributed by atoms with Gasteiger partial charge in [0.1, 0.15) is 0 Å². The minimum Gasteiger partial charge on any atom is -0.462 e. The Morgan fingerprint density at radius 1 is 0.808 bits per heavy atom. The van der Waals surface area contributed by atoms with Crippen LogP contribution in [0.25, 0.3) is 0 Å². The summed E-state index contributed by atoms with van der Waals surface area (Å²) in [5.41, 5.74) is 0.662. The zero-order valence-corrected chi connectivity index (χ0v) is 17.3. The molecule has 0 bridgehead atoms. The van der Waals surface area contributed by atoms with E-state index in [1.807, 2.05) is 67.6 Å². The highest BCUT2D eigenvalue weighted by Crippen LogP contribution is 2.34. The Hall–Kier alpha value is -1.96. The fourth-order valence-corrected chi connectivity index (χ4v) is 5.13. The van der Waals surface area contributed by atoms with Crippen molar-refractivity contribution < 1.29 is 9.53 Å². The summed E-state index contributed by atoms with van der Waals surface area (Å²) in [6.07, 6.45) is 0.819. The van der Waals surface area contributed by atoms with Crippen molar-refractivity contribution >= 4 is 46.8 Å². The fraction of sp³-hybridized carbons (Fsp3) is 0.136. The van der Waals surface area contributed by atoms with Crippen LogP contribution in [0.3, 0.4) is 0 Å². The molecule has 0 heterocycles. The Morgan fingerprint density at radius 3 is 1.85 bits per heavy atom. The van der Waals surface area contributed by atoms with E-state index in [1.165, 1.54) is 10.6 Å². The van der Waals surface area contributed by atoms with Crippen LogP contribution < -0.4 is 15.9 Å². The molecule has 26 heavy (non-hydrogen) atoms. The molecular formula is C22H22BrO2P. The molecule has 0 atom stereocenters. The van der Waals surface area contributed by atoms with E-state index >= 15 is 0 Å². The van der Waals surface area contributed by atoms with Gasteiger partial charge in [0.25, 0.3) is 0 Å². The Bertz CT molecular complexity index is 782. The topological polar surface area (TPSA) is 26.3 Å². The lowest BCUT2D eigenvalue weighted by atomic mass is 10.2. The van der Waals surface area contributed by atoms with Crippen LogP contribution in [0, 0.1) is 0 Å². The molecule has 3 rings (SSSR count). The lowest BCUT2D eigenvalue weighted by Crippen LogP contribution is -2.26. The van der Waals surface area contributed by atoms with Crippen LogP contribution in [-0.4, -0.2) is 12.6 Å². The van der Waals surface area contributed by atoms with Gasteiger partial charge in [-0.05, 0) is 36.3 Å². The molecule has 0 aromatic heterocycles. The summed E-state index contributed by atoms with van der Waals surface area (Å²) in [5.74, 6) is -0.239. The Balaban J connectivity index is 0.00000243. The van der Waals surface area contributed by atoms with Crippen LogP contribution in [0.15, 0.2) is 84.9 Å². The standard InChI is InChI=1S/C22H21O2P.BrH/c1-2-17-24-22(23)20-15-9-10-16-21(20)25(18-11-5-3-6-12-18)19-13-7-4-8-14-19;/h3-16H,2,17H2,1H3;1H. The molecule has 0 fully saturated rings. The molecule has 3 aromatic carbocycles. The summed E-state index contributed by atoms with van der Waals surface area (Å²) in [6.45, 7) is 2.45. The summed E-state index contributed by atoms with van der Waals surface area (Å²) in [5, 5.41) is 3.48. The SMILES string of the molecule is Br.CCCOC(=O)c1ccccc1P(c1ccccc1)c1ccccc1. The Morgan fingerprint density at radius 2 is 1.31 bits per heavy atom. The molecule has 3 aromatic rings. The molecule has 0 amide bonds. The number of carbonyl (C=O) groups is 1. The number of benzene rings is 3. The first-order valence-corrected chi connectivity index (χ1v) is 9.82. The number of ether oxygens (including phenoxy) is 1. The van der Waals surface area contributed by atoms with Crippen LogP contribution in [0.5, 0.6) is 0 Å². The molecule has 0 spiro atoms. The third kappa shape index (κ3) is 4.81. The largest absolute Gasteiger partial charge is 0.462 e. The highest BCUT2D eigenvalue weighted by Gasteiger charge is 2.22. The van der Waals surface area contributed by atoms with Crippen molar-refractivity contribution in [3.63, 3.8) is 0 Å². The fourth-order valence-electron chi connectivity index (χ4n) is 2.70. The van der Waals surface area contributed by atoms with Gasteiger partial charge in [-0.25, -0.2) is 4.79 Å².